The molecule has 0 aliphatic heterocycles. The Bertz CT molecular complexity index is 990. The summed E-state index contributed by atoms with van der Waals surface area (Å²) >= 11 is 0. The van der Waals surface area contributed by atoms with E-state index in [-0.39, 0.29) is 5.91 Å². The first kappa shape index (κ1) is 17.1. The highest BCUT2D eigenvalue weighted by Gasteiger charge is 2.10. The predicted octanol–water partition coefficient (Wildman–Crippen LogP) is 3.96. The highest BCUT2D eigenvalue weighted by atomic mass is 16.1. The van der Waals surface area contributed by atoms with Crippen LogP contribution in [0.25, 0.3) is 0 Å². The van der Waals surface area contributed by atoms with Crippen molar-refractivity contribution in [2.45, 2.75) is 13.8 Å². The fourth-order valence-electron chi connectivity index (χ4n) is 2.47. The van der Waals surface area contributed by atoms with Crippen molar-refractivity contribution in [3.63, 3.8) is 0 Å². The van der Waals surface area contributed by atoms with Crippen LogP contribution in [-0.4, -0.2) is 15.9 Å². The maximum atomic E-state index is 12.4. The standard InChI is InChI=1S/C20H17N5O/c1-13-7-8-17(14(2)9-13)24-19(26)16-11-22-20(23-12-16)25-18-6-4-3-5-15(18)10-21/h3-9,11-12H,1-2H3,(H,24,26)(H,22,23,25). The van der Waals surface area contributed by atoms with E-state index < -0.39 is 0 Å². The first-order valence-electron chi connectivity index (χ1n) is 8.03. The van der Waals surface area contributed by atoms with Crippen LogP contribution < -0.4 is 10.6 Å². The van der Waals surface area contributed by atoms with Gasteiger partial charge in [-0.1, -0.05) is 29.8 Å². The molecule has 128 valence electrons. The number of amides is 1. The Kier molecular flexibility index (Phi) is 4.90. The molecule has 1 amide bonds. The highest BCUT2D eigenvalue weighted by molar-refractivity contribution is 6.04. The lowest BCUT2D eigenvalue weighted by molar-refractivity contribution is 0.102. The number of aryl methyl sites for hydroxylation is 2. The molecule has 0 spiro atoms. The minimum absolute atomic E-state index is 0.277. The van der Waals surface area contributed by atoms with E-state index in [9.17, 15) is 4.79 Å². The summed E-state index contributed by atoms with van der Waals surface area (Å²) in [6, 6.07) is 15.0. The van der Waals surface area contributed by atoms with Crippen molar-refractivity contribution in [1.29, 1.82) is 5.26 Å². The van der Waals surface area contributed by atoms with Gasteiger partial charge in [0.15, 0.2) is 0 Å². The van der Waals surface area contributed by atoms with E-state index in [0.717, 1.165) is 16.8 Å². The summed E-state index contributed by atoms with van der Waals surface area (Å²) in [4.78, 5) is 20.7. The largest absolute Gasteiger partial charge is 0.323 e. The zero-order valence-electron chi connectivity index (χ0n) is 14.4. The molecular weight excluding hydrogens is 326 g/mol. The van der Waals surface area contributed by atoms with E-state index in [1.165, 1.54) is 12.4 Å². The molecule has 0 aliphatic carbocycles. The second kappa shape index (κ2) is 7.45. The Morgan fingerprint density at radius 2 is 1.77 bits per heavy atom. The van der Waals surface area contributed by atoms with Gasteiger partial charge in [0.25, 0.3) is 5.91 Å². The van der Waals surface area contributed by atoms with Crippen LogP contribution in [0, 0.1) is 25.2 Å². The van der Waals surface area contributed by atoms with Gasteiger partial charge in [-0.05, 0) is 37.6 Å². The summed E-state index contributed by atoms with van der Waals surface area (Å²) in [5, 5.41) is 14.9. The van der Waals surface area contributed by atoms with Gasteiger partial charge in [0.2, 0.25) is 5.95 Å². The van der Waals surface area contributed by atoms with Crippen LogP contribution in [0.4, 0.5) is 17.3 Å². The quantitative estimate of drug-likeness (QED) is 0.748. The summed E-state index contributed by atoms with van der Waals surface area (Å²) in [6.45, 7) is 3.95. The molecule has 0 saturated heterocycles. The Hall–Kier alpha value is -3.72. The Morgan fingerprint density at radius 3 is 2.46 bits per heavy atom. The molecule has 3 rings (SSSR count). The van der Waals surface area contributed by atoms with Crippen LogP contribution in [0.3, 0.4) is 0 Å². The Labute approximate surface area is 151 Å². The molecule has 0 fully saturated rings. The lowest BCUT2D eigenvalue weighted by Gasteiger charge is -2.10. The third kappa shape index (κ3) is 3.84. The van der Waals surface area contributed by atoms with Crippen molar-refractivity contribution in [2.24, 2.45) is 0 Å². The van der Waals surface area contributed by atoms with Gasteiger partial charge in [-0.25, -0.2) is 9.97 Å². The average molecular weight is 343 g/mol. The summed E-state index contributed by atoms with van der Waals surface area (Å²) in [5.41, 5.74) is 4.34. The lowest BCUT2D eigenvalue weighted by Crippen LogP contribution is -2.14. The molecule has 26 heavy (non-hydrogen) atoms. The van der Waals surface area contributed by atoms with E-state index in [4.69, 9.17) is 5.26 Å². The zero-order chi connectivity index (χ0) is 18.5. The minimum atomic E-state index is -0.277. The monoisotopic (exact) mass is 343 g/mol. The number of hydrogen-bond donors (Lipinski definition) is 2. The number of benzene rings is 2. The molecular formula is C20H17N5O. The van der Waals surface area contributed by atoms with E-state index in [0.29, 0.717) is 22.8 Å². The van der Waals surface area contributed by atoms with Gasteiger partial charge in [0.1, 0.15) is 6.07 Å². The number of carbonyl (C=O) groups is 1. The molecule has 1 heterocycles. The van der Waals surface area contributed by atoms with E-state index >= 15 is 0 Å². The molecule has 0 atom stereocenters. The topological polar surface area (TPSA) is 90.7 Å². The second-order valence-corrected chi connectivity index (χ2v) is 5.85. The van der Waals surface area contributed by atoms with Crippen molar-refractivity contribution in [3.8, 4) is 6.07 Å². The SMILES string of the molecule is Cc1ccc(NC(=O)c2cnc(Nc3ccccc3C#N)nc2)c(C)c1. The summed E-state index contributed by atoms with van der Waals surface area (Å²) in [5.74, 6) is 0.0386. The molecule has 2 aromatic carbocycles. The average Bonchev–Trinajstić information content (AvgIpc) is 2.65. The maximum Gasteiger partial charge on any atom is 0.258 e. The smallest absolute Gasteiger partial charge is 0.258 e. The van der Waals surface area contributed by atoms with Crippen LogP contribution >= 0.6 is 0 Å². The van der Waals surface area contributed by atoms with Gasteiger partial charge in [0.05, 0.1) is 16.8 Å². The number of nitrogens with one attached hydrogen (secondary N) is 2. The van der Waals surface area contributed by atoms with Crippen LogP contribution in [-0.2, 0) is 0 Å². The van der Waals surface area contributed by atoms with Gasteiger partial charge in [-0.2, -0.15) is 5.26 Å². The van der Waals surface area contributed by atoms with Crippen LogP contribution in [0.1, 0.15) is 27.0 Å². The van der Waals surface area contributed by atoms with Crippen LogP contribution in [0.2, 0.25) is 0 Å². The van der Waals surface area contributed by atoms with Gasteiger partial charge < -0.3 is 10.6 Å². The van der Waals surface area contributed by atoms with Crippen LogP contribution in [0.15, 0.2) is 54.9 Å². The maximum absolute atomic E-state index is 12.4. The number of hydrogen-bond acceptors (Lipinski definition) is 5. The number of nitrogens with zero attached hydrogens (tertiary/aromatic N) is 3. The number of nitriles is 1. The second-order valence-electron chi connectivity index (χ2n) is 5.85. The Morgan fingerprint density at radius 1 is 1.04 bits per heavy atom. The van der Waals surface area contributed by atoms with E-state index in [1.807, 2.05) is 38.1 Å². The van der Waals surface area contributed by atoms with Gasteiger partial charge >= 0.3 is 0 Å². The number of para-hydroxylation sites is 1. The van der Waals surface area contributed by atoms with Crippen LogP contribution in [0.5, 0.6) is 0 Å². The number of anilines is 3. The third-order valence-electron chi connectivity index (χ3n) is 3.84. The van der Waals surface area contributed by atoms with Gasteiger partial charge in [-0.15, -0.1) is 0 Å². The minimum Gasteiger partial charge on any atom is -0.323 e. The molecule has 0 unspecified atom stereocenters. The van der Waals surface area contributed by atoms with Crippen molar-refractivity contribution >= 4 is 23.2 Å². The molecule has 6 nitrogen and oxygen atoms in total. The fraction of sp³-hybridized carbons (Fsp3) is 0.100. The lowest BCUT2D eigenvalue weighted by atomic mass is 10.1. The van der Waals surface area contributed by atoms with E-state index in [1.54, 1.807) is 18.2 Å². The molecule has 6 heteroatoms. The van der Waals surface area contributed by atoms with Crippen molar-refractivity contribution in [3.05, 3.63) is 77.1 Å². The van der Waals surface area contributed by atoms with Gasteiger partial charge in [-0.3, -0.25) is 4.79 Å². The molecule has 2 N–H and O–H groups in total. The molecule has 1 aromatic heterocycles. The molecule has 3 aromatic rings. The first-order valence-corrected chi connectivity index (χ1v) is 8.03. The summed E-state index contributed by atoms with van der Waals surface area (Å²) in [6.07, 6.45) is 2.90. The number of carbonyl (C=O) groups excluding carboxylic acids is 1. The number of rotatable bonds is 4. The summed E-state index contributed by atoms with van der Waals surface area (Å²) in [7, 11) is 0. The molecule has 0 saturated carbocycles. The van der Waals surface area contributed by atoms with Crippen molar-refractivity contribution < 1.29 is 4.79 Å². The summed E-state index contributed by atoms with van der Waals surface area (Å²) < 4.78 is 0. The Balaban J connectivity index is 1.73. The molecule has 0 aliphatic rings. The number of aromatic nitrogens is 2. The van der Waals surface area contributed by atoms with Crippen molar-refractivity contribution in [2.75, 3.05) is 10.6 Å². The highest BCUT2D eigenvalue weighted by Crippen LogP contribution is 2.19. The van der Waals surface area contributed by atoms with E-state index in [2.05, 4.69) is 26.7 Å². The first-order chi connectivity index (χ1) is 12.6. The third-order valence-corrected chi connectivity index (χ3v) is 3.84. The molecule has 0 bridgehead atoms. The van der Waals surface area contributed by atoms with Crippen molar-refractivity contribution in [1.82, 2.24) is 9.97 Å². The predicted molar refractivity (Wildman–Crippen MR) is 100 cm³/mol. The van der Waals surface area contributed by atoms with Gasteiger partial charge in [0, 0.05) is 18.1 Å². The molecule has 0 radical (unpaired) electrons. The zero-order valence-corrected chi connectivity index (χ0v) is 14.4. The normalized spacial score (nSPS) is 10.0. The fourth-order valence-corrected chi connectivity index (χ4v) is 2.47.